The molecule has 0 spiro atoms. The summed E-state index contributed by atoms with van der Waals surface area (Å²) >= 11 is 0. The number of alkyl carbamates (subject to hydrolysis) is 1. The quantitative estimate of drug-likeness (QED) is 0.245. The number of rotatable bonds is 9. The van der Waals surface area contributed by atoms with E-state index in [4.69, 9.17) is 10.1 Å². The average Bonchev–Trinajstić information content (AvgIpc) is 3.69. The molecular formula is C24H36N6O4. The maximum Gasteiger partial charge on any atom is 0.406 e. The highest BCUT2D eigenvalue weighted by atomic mass is 16.5. The summed E-state index contributed by atoms with van der Waals surface area (Å²) in [6.45, 7) is 6.58. The fourth-order valence-corrected chi connectivity index (χ4v) is 3.87. The maximum absolute atomic E-state index is 13.2. The third-order valence-corrected chi connectivity index (χ3v) is 5.94. The Morgan fingerprint density at radius 2 is 2.03 bits per heavy atom. The van der Waals surface area contributed by atoms with Crippen LogP contribution in [0.3, 0.4) is 0 Å². The Labute approximate surface area is 201 Å². The molecule has 2 aliphatic rings. The molecule has 1 aromatic carbocycles. The number of morpholine rings is 1. The topological polar surface area (TPSA) is 128 Å². The zero-order chi connectivity index (χ0) is 24.5. The van der Waals surface area contributed by atoms with Crippen molar-refractivity contribution >= 4 is 23.7 Å². The van der Waals surface area contributed by atoms with Crippen LogP contribution in [0.15, 0.2) is 29.3 Å². The SMILES string of the molecule is COC(=O)NCCCN/C(=N\C(=N)[C@@H](C)N(C(=O)[C@H]1CNCCO1)C1CC1)c1ccccc1C. The van der Waals surface area contributed by atoms with Gasteiger partial charge in [-0.05, 0) is 38.7 Å². The Hall–Kier alpha value is -2.98. The van der Waals surface area contributed by atoms with Gasteiger partial charge in [0.1, 0.15) is 17.8 Å². The van der Waals surface area contributed by atoms with Crippen molar-refractivity contribution in [2.45, 2.75) is 51.3 Å². The molecule has 1 saturated carbocycles. The number of aliphatic imine (C=N–C) groups is 1. The molecular weight excluding hydrogens is 436 g/mol. The molecule has 1 aromatic rings. The fraction of sp³-hybridized carbons (Fsp3) is 0.583. The molecule has 0 unspecified atom stereocenters. The van der Waals surface area contributed by atoms with Crippen LogP contribution in [0.1, 0.15) is 37.3 Å². The van der Waals surface area contributed by atoms with E-state index in [1.54, 1.807) is 4.90 Å². The van der Waals surface area contributed by atoms with E-state index < -0.39 is 18.2 Å². The Bertz CT molecular complexity index is 895. The molecule has 2 amide bonds. The normalized spacial score (nSPS) is 19.1. The summed E-state index contributed by atoms with van der Waals surface area (Å²) in [7, 11) is 1.33. The molecule has 1 aliphatic heterocycles. The molecule has 2 atom stereocenters. The second-order valence-corrected chi connectivity index (χ2v) is 8.58. The van der Waals surface area contributed by atoms with Gasteiger partial charge in [0.25, 0.3) is 5.91 Å². The first kappa shape index (κ1) is 25.6. The number of aryl methyl sites for hydroxylation is 1. The lowest BCUT2D eigenvalue weighted by atomic mass is 10.1. The smallest absolute Gasteiger partial charge is 0.406 e. The third-order valence-electron chi connectivity index (χ3n) is 5.94. The molecule has 1 saturated heterocycles. The molecule has 1 aliphatic carbocycles. The predicted molar refractivity (Wildman–Crippen MR) is 130 cm³/mol. The second kappa shape index (κ2) is 12.5. The van der Waals surface area contributed by atoms with Gasteiger partial charge >= 0.3 is 6.09 Å². The predicted octanol–water partition coefficient (Wildman–Crippen LogP) is 1.42. The van der Waals surface area contributed by atoms with Crippen molar-refractivity contribution in [3.05, 3.63) is 35.4 Å². The molecule has 2 fully saturated rings. The van der Waals surface area contributed by atoms with E-state index in [0.29, 0.717) is 38.5 Å². The van der Waals surface area contributed by atoms with Crippen molar-refractivity contribution in [1.82, 2.24) is 20.9 Å². The van der Waals surface area contributed by atoms with Crippen LogP contribution in [-0.4, -0.2) is 86.7 Å². The molecule has 34 heavy (non-hydrogen) atoms. The largest absolute Gasteiger partial charge is 0.453 e. The number of carbonyl (C=O) groups excluding carboxylic acids is 2. The Balaban J connectivity index is 1.72. The molecule has 0 bridgehead atoms. The molecule has 186 valence electrons. The van der Waals surface area contributed by atoms with Crippen LogP contribution in [-0.2, 0) is 14.3 Å². The van der Waals surface area contributed by atoms with Crippen LogP contribution in [0.5, 0.6) is 0 Å². The number of nitrogens with zero attached hydrogens (tertiary/aromatic N) is 2. The lowest BCUT2D eigenvalue weighted by molar-refractivity contribution is -0.146. The molecule has 10 nitrogen and oxygen atoms in total. The number of carbonyl (C=O) groups is 2. The first-order chi connectivity index (χ1) is 16.4. The number of amidine groups is 2. The van der Waals surface area contributed by atoms with E-state index in [1.165, 1.54) is 7.11 Å². The van der Waals surface area contributed by atoms with Gasteiger partial charge in [-0.2, -0.15) is 0 Å². The lowest BCUT2D eigenvalue weighted by Crippen LogP contribution is -2.54. The first-order valence-electron chi connectivity index (χ1n) is 11.9. The lowest BCUT2D eigenvalue weighted by Gasteiger charge is -2.33. The van der Waals surface area contributed by atoms with Gasteiger partial charge in [-0.3, -0.25) is 10.2 Å². The highest BCUT2D eigenvalue weighted by molar-refractivity contribution is 6.08. The van der Waals surface area contributed by atoms with E-state index in [1.807, 2.05) is 38.1 Å². The van der Waals surface area contributed by atoms with Crippen LogP contribution in [0, 0.1) is 12.3 Å². The van der Waals surface area contributed by atoms with Crippen LogP contribution in [0.4, 0.5) is 4.79 Å². The summed E-state index contributed by atoms with van der Waals surface area (Å²) in [6, 6.07) is 7.48. The van der Waals surface area contributed by atoms with Crippen molar-refractivity contribution < 1.29 is 19.1 Å². The minimum atomic E-state index is -0.523. The van der Waals surface area contributed by atoms with Crippen LogP contribution < -0.4 is 16.0 Å². The average molecular weight is 473 g/mol. The Morgan fingerprint density at radius 3 is 2.68 bits per heavy atom. The number of hydrogen-bond donors (Lipinski definition) is 4. The van der Waals surface area contributed by atoms with Crippen molar-refractivity contribution in [2.24, 2.45) is 4.99 Å². The number of hydrogen-bond acceptors (Lipinski definition) is 6. The Morgan fingerprint density at radius 1 is 1.29 bits per heavy atom. The molecule has 1 heterocycles. The summed E-state index contributed by atoms with van der Waals surface area (Å²) in [5.74, 6) is 0.607. The monoisotopic (exact) mass is 472 g/mol. The highest BCUT2D eigenvalue weighted by Crippen LogP contribution is 2.30. The standard InChI is InChI=1S/C24H36N6O4/c1-16-7-4-5-8-19(16)22(27-11-6-12-28-24(32)33-3)29-21(25)17(2)30(18-9-10-18)23(31)20-15-26-13-14-34-20/h4-5,7-8,17-18,20,26H,6,9-15H2,1-3H3,(H,28,32)(H2,25,27,29)/t17-,20-/m1/s1. The van der Waals surface area contributed by atoms with E-state index in [0.717, 1.165) is 30.5 Å². The van der Waals surface area contributed by atoms with Gasteiger partial charge in [0.15, 0.2) is 0 Å². The minimum absolute atomic E-state index is 0.0820. The van der Waals surface area contributed by atoms with Gasteiger partial charge in [-0.15, -0.1) is 0 Å². The van der Waals surface area contributed by atoms with Crippen LogP contribution in [0.25, 0.3) is 0 Å². The fourth-order valence-electron chi connectivity index (χ4n) is 3.87. The summed E-state index contributed by atoms with van der Waals surface area (Å²) < 4.78 is 10.3. The maximum atomic E-state index is 13.2. The third kappa shape index (κ3) is 7.01. The second-order valence-electron chi connectivity index (χ2n) is 8.58. The number of amides is 2. The van der Waals surface area contributed by atoms with Crippen molar-refractivity contribution in [3.63, 3.8) is 0 Å². The summed E-state index contributed by atoms with van der Waals surface area (Å²) in [6.07, 6.45) is 1.53. The van der Waals surface area contributed by atoms with Crippen LogP contribution in [0.2, 0.25) is 0 Å². The highest BCUT2D eigenvalue weighted by Gasteiger charge is 2.40. The van der Waals surface area contributed by atoms with Crippen LogP contribution >= 0.6 is 0 Å². The molecule has 0 aromatic heterocycles. The van der Waals surface area contributed by atoms with Gasteiger partial charge in [0.2, 0.25) is 0 Å². The summed E-state index contributed by atoms with van der Waals surface area (Å²) in [5.41, 5.74) is 1.92. The molecule has 10 heteroatoms. The van der Waals surface area contributed by atoms with Gasteiger partial charge < -0.3 is 30.3 Å². The van der Waals surface area contributed by atoms with E-state index >= 15 is 0 Å². The number of methoxy groups -OCH3 is 1. The van der Waals surface area contributed by atoms with E-state index in [9.17, 15) is 9.59 Å². The van der Waals surface area contributed by atoms with Gasteiger partial charge in [0, 0.05) is 37.8 Å². The van der Waals surface area contributed by atoms with Crippen molar-refractivity contribution in [3.8, 4) is 0 Å². The van der Waals surface area contributed by atoms with Gasteiger partial charge in [0.05, 0.1) is 19.8 Å². The summed E-state index contributed by atoms with van der Waals surface area (Å²) in [5, 5.41) is 17.9. The zero-order valence-corrected chi connectivity index (χ0v) is 20.2. The number of nitrogens with one attached hydrogen (secondary N) is 4. The number of ether oxygens (including phenoxy) is 2. The van der Waals surface area contributed by atoms with Gasteiger partial charge in [-0.25, -0.2) is 9.79 Å². The van der Waals surface area contributed by atoms with Crippen molar-refractivity contribution in [1.29, 1.82) is 5.41 Å². The molecule has 4 N–H and O–H groups in total. The zero-order valence-electron chi connectivity index (χ0n) is 20.2. The van der Waals surface area contributed by atoms with Gasteiger partial charge in [-0.1, -0.05) is 24.3 Å². The van der Waals surface area contributed by atoms with E-state index in [2.05, 4.69) is 25.7 Å². The van der Waals surface area contributed by atoms with E-state index in [-0.39, 0.29) is 17.8 Å². The molecule has 3 rings (SSSR count). The summed E-state index contributed by atoms with van der Waals surface area (Å²) in [4.78, 5) is 30.9. The number of benzene rings is 1. The minimum Gasteiger partial charge on any atom is -0.453 e. The first-order valence-corrected chi connectivity index (χ1v) is 11.9. The Kier molecular flexibility index (Phi) is 9.41. The molecule has 0 radical (unpaired) electrons. The van der Waals surface area contributed by atoms with Crippen molar-refractivity contribution in [2.75, 3.05) is 39.9 Å².